The van der Waals surface area contributed by atoms with Gasteiger partial charge in [-0.15, -0.1) is 0 Å². The fraction of sp³-hybridized carbons (Fsp3) is 0.554. The highest BCUT2D eigenvalue weighted by atomic mass is 32.1. The number of benzene rings is 2. The molecule has 10 amide bonds. The molecule has 5 rings (SSSR count). The summed E-state index contributed by atoms with van der Waals surface area (Å²) in [5, 5.41) is 33.0. The summed E-state index contributed by atoms with van der Waals surface area (Å²) in [5.41, 5.74) is 36.6. The predicted octanol–water partition coefficient (Wildman–Crippen LogP) is -0.844. The third-order valence-electron chi connectivity index (χ3n) is 16.8. The number of hydrogen-bond donors (Lipinski definition) is 18. The lowest BCUT2D eigenvalue weighted by atomic mass is 9.96. The van der Waals surface area contributed by atoms with Crippen molar-refractivity contribution in [3.05, 3.63) is 72.1 Å². The van der Waals surface area contributed by atoms with Crippen molar-refractivity contribution in [2.75, 3.05) is 25.4 Å². The van der Waals surface area contributed by atoms with Gasteiger partial charge in [0.05, 0.1) is 6.04 Å². The van der Waals surface area contributed by atoms with Crippen molar-refractivity contribution in [1.82, 2.24) is 57.4 Å². The molecule has 2 aromatic heterocycles. The number of carboxylic acids is 1. The molecule has 32 heteroatoms. The number of nitrogens with two attached hydrogens (primary N) is 6. The standard InChI is InChI=1S/C65H99N19O12S/c1-7-36(6)53(83-60(92)50(33-97)82-59(91)47(29-37-31-74-42-18-10-8-15-39(37)42)78-54(86)41(66)17-12-24-72-64(68)69)62(94)84-26-14-21-51(84)61(93)80-48(30-38-32-75-43-19-11-9-16-40(38)43)58(90)77-45(22-23-52(67)85)56(88)76-44(20-13-25-73-65(70)71)55(87)79-46(27-34(2)3)57(89)81-49(63(95)96)28-35(4)5/h8-11,15-16,18-19,31-32,34-36,41,44-51,53,74-75,97H,7,12-14,17,20-30,33,66H2,1-6H3,(H2,67,85)(H,76,88)(H,77,90)(H,78,86)(H,79,87)(H,80,93)(H,81,89)(H,82,91)(H,83,92)(H,95,96)(H4,68,69,72)(H4,70,71,73)/t36-,41-,44-,45-,46-,47-,48-,49-,50-,51-,53-/m0/s1. The first-order valence-corrected chi connectivity index (χ1v) is 33.5. The highest BCUT2D eigenvalue weighted by Gasteiger charge is 2.42. The Balaban J connectivity index is 1.40. The van der Waals surface area contributed by atoms with Gasteiger partial charge in [0, 0.05) is 78.8 Å². The van der Waals surface area contributed by atoms with Crippen LogP contribution in [0.2, 0.25) is 0 Å². The minimum absolute atomic E-state index is 0.0122. The molecular weight excluding hydrogens is 1270 g/mol. The second kappa shape index (κ2) is 38.3. The monoisotopic (exact) mass is 1370 g/mol. The Morgan fingerprint density at radius 3 is 1.53 bits per heavy atom. The molecule has 1 aliphatic rings. The predicted molar refractivity (Wildman–Crippen MR) is 370 cm³/mol. The fourth-order valence-corrected chi connectivity index (χ4v) is 11.6. The van der Waals surface area contributed by atoms with E-state index in [1.165, 1.54) is 4.90 Å². The van der Waals surface area contributed by atoms with Crippen molar-refractivity contribution in [1.29, 1.82) is 0 Å². The highest BCUT2D eigenvalue weighted by Crippen LogP contribution is 2.25. The lowest BCUT2D eigenvalue weighted by molar-refractivity contribution is -0.143. The minimum Gasteiger partial charge on any atom is -0.480 e. The Labute approximate surface area is 569 Å². The number of carboxylic acid groups (broad SMARTS) is 1. The fourth-order valence-electron chi connectivity index (χ4n) is 11.4. The molecule has 0 bridgehead atoms. The van der Waals surface area contributed by atoms with Gasteiger partial charge in [-0.25, -0.2) is 4.79 Å². The Morgan fingerprint density at radius 2 is 1.02 bits per heavy atom. The number of guanidine groups is 2. The first-order valence-electron chi connectivity index (χ1n) is 32.8. The van der Waals surface area contributed by atoms with Gasteiger partial charge in [-0.1, -0.05) is 84.4 Å². The number of nitrogens with zero attached hydrogens (tertiary/aromatic N) is 3. The van der Waals surface area contributed by atoms with E-state index in [4.69, 9.17) is 34.4 Å². The SMILES string of the molecule is CC[C@H](C)[C@H](NC(=O)[C@H](CS)NC(=O)[C@H](Cc1c[nH]c2ccccc12)NC(=O)[C@@H](N)CCCN=C(N)N)C(=O)N1CCC[C@H]1C(=O)N[C@@H](Cc1c[nH]c2ccccc12)C(=O)N[C@@H](CCC(N)=O)C(=O)N[C@@H](CCCN=C(N)N)C(=O)N[C@@H](CC(C)C)C(=O)N[C@@H](CC(C)C)C(=O)O. The number of nitrogens with one attached hydrogen (secondary N) is 10. The number of aromatic amines is 2. The molecule has 31 nitrogen and oxygen atoms in total. The highest BCUT2D eigenvalue weighted by molar-refractivity contribution is 7.80. The normalized spacial score (nSPS) is 16.0. The zero-order chi connectivity index (χ0) is 71.6. The second-order valence-corrected chi connectivity index (χ2v) is 25.8. The van der Waals surface area contributed by atoms with Gasteiger partial charge in [0.2, 0.25) is 59.1 Å². The summed E-state index contributed by atoms with van der Waals surface area (Å²) in [6, 6.07) is 1.43. The molecule has 532 valence electrons. The number of aromatic nitrogens is 2. The van der Waals surface area contributed by atoms with E-state index in [2.05, 4.69) is 75.1 Å². The van der Waals surface area contributed by atoms with E-state index in [1.54, 1.807) is 78.2 Å². The lowest BCUT2D eigenvalue weighted by Crippen LogP contribution is -2.61. The summed E-state index contributed by atoms with van der Waals surface area (Å²) in [5.74, 6) is -10.6. The molecule has 1 saturated heterocycles. The van der Waals surface area contributed by atoms with E-state index in [1.807, 2.05) is 24.3 Å². The number of likely N-dealkylation sites (tertiary alicyclic amines) is 1. The van der Waals surface area contributed by atoms with Crippen molar-refractivity contribution in [2.45, 2.75) is 185 Å². The van der Waals surface area contributed by atoms with Gasteiger partial charge in [0.25, 0.3) is 0 Å². The number of rotatable bonds is 40. The van der Waals surface area contributed by atoms with Crippen molar-refractivity contribution in [2.24, 2.45) is 62.1 Å². The van der Waals surface area contributed by atoms with Crippen molar-refractivity contribution >= 4 is 111 Å². The molecule has 0 saturated carbocycles. The number of hydrogen-bond acceptors (Lipinski definition) is 15. The summed E-state index contributed by atoms with van der Waals surface area (Å²) in [4.78, 5) is 170. The summed E-state index contributed by atoms with van der Waals surface area (Å²) in [6.45, 7) is 11.0. The minimum atomic E-state index is -1.59. The number of carbonyl (C=O) groups excluding carboxylic acids is 10. The van der Waals surface area contributed by atoms with E-state index in [0.29, 0.717) is 41.3 Å². The maximum atomic E-state index is 15.0. The zero-order valence-corrected chi connectivity index (χ0v) is 56.9. The van der Waals surface area contributed by atoms with Gasteiger partial charge in [0.15, 0.2) is 11.9 Å². The maximum absolute atomic E-state index is 15.0. The van der Waals surface area contributed by atoms with Gasteiger partial charge in [-0.2, -0.15) is 12.6 Å². The molecule has 4 aromatic rings. The first-order chi connectivity index (χ1) is 46.0. The summed E-state index contributed by atoms with van der Waals surface area (Å²) in [6.07, 6.45) is 3.90. The Morgan fingerprint density at radius 1 is 0.577 bits per heavy atom. The number of primary amides is 1. The molecule has 0 radical (unpaired) electrons. The van der Waals surface area contributed by atoms with Gasteiger partial charge in [0.1, 0.15) is 54.4 Å². The second-order valence-electron chi connectivity index (χ2n) is 25.4. The van der Waals surface area contributed by atoms with Crippen LogP contribution in [-0.4, -0.2) is 183 Å². The molecule has 1 fully saturated rings. The van der Waals surface area contributed by atoms with Crippen molar-refractivity contribution in [3.63, 3.8) is 0 Å². The summed E-state index contributed by atoms with van der Waals surface area (Å²) < 4.78 is 0. The molecular formula is C65H99N19O12S. The van der Waals surface area contributed by atoms with Crippen LogP contribution in [0.5, 0.6) is 0 Å². The van der Waals surface area contributed by atoms with Crippen molar-refractivity contribution < 1.29 is 57.8 Å². The molecule has 11 atom stereocenters. The van der Waals surface area contributed by atoms with Crippen LogP contribution in [0, 0.1) is 17.8 Å². The molecule has 0 spiro atoms. The van der Waals surface area contributed by atoms with E-state index in [-0.39, 0.29) is 107 Å². The molecule has 1 aliphatic heterocycles. The average molecular weight is 1370 g/mol. The number of aliphatic carboxylic acids is 1. The molecule has 23 N–H and O–H groups in total. The number of para-hydroxylation sites is 2. The first kappa shape index (κ1) is 78.2. The molecule has 2 aromatic carbocycles. The molecule has 3 heterocycles. The van der Waals surface area contributed by atoms with Crippen LogP contribution < -0.4 is 76.9 Å². The van der Waals surface area contributed by atoms with Crippen LogP contribution in [0.4, 0.5) is 0 Å². The molecule has 0 unspecified atom stereocenters. The van der Waals surface area contributed by atoms with E-state index < -0.39 is 138 Å². The summed E-state index contributed by atoms with van der Waals surface area (Å²) >= 11 is 4.42. The van der Waals surface area contributed by atoms with Crippen LogP contribution in [0.25, 0.3) is 21.8 Å². The van der Waals surface area contributed by atoms with Crippen LogP contribution >= 0.6 is 12.6 Å². The third-order valence-corrected chi connectivity index (χ3v) is 17.1. The van der Waals surface area contributed by atoms with Gasteiger partial charge < -0.3 is 96.9 Å². The largest absolute Gasteiger partial charge is 0.480 e. The van der Waals surface area contributed by atoms with E-state index >= 15 is 0 Å². The number of carbonyl (C=O) groups is 11. The Kier molecular flexibility index (Phi) is 30.9. The average Bonchev–Trinajstić information content (AvgIpc) is 1.73. The lowest BCUT2D eigenvalue weighted by Gasteiger charge is -2.33. The number of amides is 10. The number of thiol groups is 1. The number of fused-ring (bicyclic) bond motifs is 2. The molecule has 97 heavy (non-hydrogen) atoms. The maximum Gasteiger partial charge on any atom is 0.326 e. The van der Waals surface area contributed by atoms with Crippen LogP contribution in [0.3, 0.4) is 0 Å². The van der Waals surface area contributed by atoms with Crippen LogP contribution in [0.15, 0.2) is 70.9 Å². The summed E-state index contributed by atoms with van der Waals surface area (Å²) in [7, 11) is 0. The number of H-pyrrole nitrogens is 2. The zero-order valence-electron chi connectivity index (χ0n) is 56.0. The van der Waals surface area contributed by atoms with Gasteiger partial charge in [-0.05, 0) is 98.8 Å². The third kappa shape index (κ3) is 24.3. The van der Waals surface area contributed by atoms with Crippen LogP contribution in [0.1, 0.15) is 123 Å². The number of aliphatic imine (C=N–C) groups is 2. The van der Waals surface area contributed by atoms with Gasteiger partial charge in [-0.3, -0.25) is 57.9 Å². The van der Waals surface area contributed by atoms with Crippen molar-refractivity contribution in [3.8, 4) is 0 Å². The Hall–Kier alpha value is -9.46. The Bertz CT molecular complexity index is 3440. The van der Waals surface area contributed by atoms with Gasteiger partial charge >= 0.3 is 5.97 Å². The topological polar surface area (TPSA) is 520 Å². The van der Waals surface area contributed by atoms with E-state index in [9.17, 15) is 57.8 Å². The van der Waals surface area contributed by atoms with Crippen LogP contribution in [-0.2, 0) is 65.6 Å². The van der Waals surface area contributed by atoms with E-state index in [0.717, 1.165) is 10.9 Å². The smallest absolute Gasteiger partial charge is 0.326 e. The molecule has 0 aliphatic carbocycles. The quantitative estimate of drug-likeness (QED) is 0.0112.